The molecule has 3 rings (SSSR count). The Morgan fingerprint density at radius 2 is 1.82 bits per heavy atom. The summed E-state index contributed by atoms with van der Waals surface area (Å²) in [6, 6.07) is 10.9. The van der Waals surface area contributed by atoms with Crippen LogP contribution >= 0.6 is 0 Å². The Morgan fingerprint density at radius 3 is 2.50 bits per heavy atom. The van der Waals surface area contributed by atoms with Crippen molar-refractivity contribution in [3.05, 3.63) is 54.0 Å². The number of halogens is 1. The summed E-state index contributed by atoms with van der Waals surface area (Å²) in [6.07, 6.45) is 3.02. The molecule has 1 aromatic carbocycles. The first-order valence-electron chi connectivity index (χ1n) is 10.1. The van der Waals surface area contributed by atoms with Gasteiger partial charge in [0.05, 0.1) is 5.69 Å². The second kappa shape index (κ2) is 9.53. The van der Waals surface area contributed by atoms with Gasteiger partial charge in [-0.1, -0.05) is 12.1 Å². The molecular formula is C22H29FN4O. The zero-order valence-electron chi connectivity index (χ0n) is 16.8. The third-order valence-corrected chi connectivity index (χ3v) is 5.35. The number of pyridine rings is 1. The fraction of sp³-hybridized carbons (Fsp3) is 0.455. The number of piperazine rings is 1. The smallest absolute Gasteiger partial charge is 0.223 e. The van der Waals surface area contributed by atoms with E-state index in [1.54, 1.807) is 12.1 Å². The van der Waals surface area contributed by atoms with Crippen LogP contribution in [-0.2, 0) is 11.2 Å². The summed E-state index contributed by atoms with van der Waals surface area (Å²) in [4.78, 5) is 23.2. The summed E-state index contributed by atoms with van der Waals surface area (Å²) in [5.41, 5.74) is 1.76. The molecule has 0 bridgehead atoms. The summed E-state index contributed by atoms with van der Waals surface area (Å²) in [7, 11) is 0. The normalized spacial score (nSPS) is 14.2. The predicted octanol–water partition coefficient (Wildman–Crippen LogP) is 3.35. The monoisotopic (exact) mass is 384 g/mol. The molecular weight excluding hydrogens is 355 g/mol. The van der Waals surface area contributed by atoms with E-state index in [0.29, 0.717) is 44.7 Å². The zero-order valence-corrected chi connectivity index (χ0v) is 16.8. The molecule has 0 unspecified atom stereocenters. The third kappa shape index (κ3) is 4.80. The minimum Gasteiger partial charge on any atom is -0.366 e. The Bertz CT molecular complexity index is 786. The average molecular weight is 384 g/mol. The molecule has 0 radical (unpaired) electrons. The van der Waals surface area contributed by atoms with Crippen molar-refractivity contribution in [2.24, 2.45) is 0 Å². The Morgan fingerprint density at radius 1 is 1.11 bits per heavy atom. The van der Waals surface area contributed by atoms with Crippen molar-refractivity contribution in [3.8, 4) is 0 Å². The molecule has 0 saturated carbocycles. The number of hydrogen-bond acceptors (Lipinski definition) is 4. The molecule has 0 atom stereocenters. The molecule has 1 aromatic heterocycles. The van der Waals surface area contributed by atoms with Gasteiger partial charge in [0.1, 0.15) is 11.6 Å². The van der Waals surface area contributed by atoms with Crippen molar-refractivity contribution in [1.82, 2.24) is 9.88 Å². The highest BCUT2D eigenvalue weighted by atomic mass is 19.1. The van der Waals surface area contributed by atoms with Gasteiger partial charge in [-0.3, -0.25) is 4.79 Å². The van der Waals surface area contributed by atoms with Crippen LogP contribution in [0.5, 0.6) is 0 Å². The minimum absolute atomic E-state index is 0.161. The molecule has 1 aliphatic rings. The lowest BCUT2D eigenvalue weighted by molar-refractivity contribution is -0.131. The number of carbonyl (C=O) groups is 1. The van der Waals surface area contributed by atoms with Gasteiger partial charge in [-0.15, -0.1) is 0 Å². The van der Waals surface area contributed by atoms with Crippen molar-refractivity contribution in [2.75, 3.05) is 49.1 Å². The van der Waals surface area contributed by atoms with Gasteiger partial charge in [0, 0.05) is 51.9 Å². The van der Waals surface area contributed by atoms with Crippen LogP contribution in [0.4, 0.5) is 15.9 Å². The van der Waals surface area contributed by atoms with Crippen LogP contribution in [0, 0.1) is 5.82 Å². The largest absolute Gasteiger partial charge is 0.366 e. The highest BCUT2D eigenvalue weighted by Crippen LogP contribution is 2.20. The molecule has 0 aliphatic carbocycles. The second-order valence-electron chi connectivity index (χ2n) is 7.01. The maximum atomic E-state index is 13.9. The van der Waals surface area contributed by atoms with Gasteiger partial charge in [0.2, 0.25) is 5.91 Å². The van der Waals surface area contributed by atoms with Gasteiger partial charge < -0.3 is 14.7 Å². The summed E-state index contributed by atoms with van der Waals surface area (Å²) in [5, 5.41) is 0. The molecule has 28 heavy (non-hydrogen) atoms. The van der Waals surface area contributed by atoms with Crippen LogP contribution in [0.1, 0.15) is 25.8 Å². The van der Waals surface area contributed by atoms with Crippen molar-refractivity contribution in [1.29, 1.82) is 0 Å². The van der Waals surface area contributed by atoms with Gasteiger partial charge in [-0.25, -0.2) is 9.37 Å². The number of benzene rings is 1. The molecule has 150 valence electrons. The van der Waals surface area contributed by atoms with Crippen molar-refractivity contribution in [3.63, 3.8) is 0 Å². The lowest BCUT2D eigenvalue weighted by atomic mass is 10.1. The highest BCUT2D eigenvalue weighted by Gasteiger charge is 2.22. The molecule has 1 amide bonds. The summed E-state index contributed by atoms with van der Waals surface area (Å²) >= 11 is 0. The van der Waals surface area contributed by atoms with E-state index in [0.717, 1.165) is 24.5 Å². The van der Waals surface area contributed by atoms with E-state index in [9.17, 15) is 9.18 Å². The van der Waals surface area contributed by atoms with E-state index in [-0.39, 0.29) is 11.7 Å². The van der Waals surface area contributed by atoms with Crippen molar-refractivity contribution >= 4 is 17.4 Å². The fourth-order valence-electron chi connectivity index (χ4n) is 3.65. The molecule has 6 heteroatoms. The number of nitrogens with zero attached hydrogens (tertiary/aromatic N) is 4. The van der Waals surface area contributed by atoms with Crippen molar-refractivity contribution < 1.29 is 9.18 Å². The summed E-state index contributed by atoms with van der Waals surface area (Å²) in [5.74, 6) is 0.923. The van der Waals surface area contributed by atoms with E-state index in [1.165, 1.54) is 6.07 Å². The molecule has 5 nitrogen and oxygen atoms in total. The Balaban J connectivity index is 1.51. The molecule has 0 spiro atoms. The molecule has 2 heterocycles. The van der Waals surface area contributed by atoms with Gasteiger partial charge in [0.25, 0.3) is 0 Å². The van der Waals surface area contributed by atoms with Gasteiger partial charge in [-0.2, -0.15) is 0 Å². The zero-order chi connectivity index (χ0) is 19.9. The standard InChI is InChI=1S/C22H29FN4O/c1-3-25(4-2)21-17-18(11-12-24-21)9-10-22(28)27-15-13-26(14-16-27)20-8-6-5-7-19(20)23/h5-8,11-12,17H,3-4,9-10,13-16H2,1-2H3. The van der Waals surface area contributed by atoms with Crippen LogP contribution in [0.2, 0.25) is 0 Å². The molecule has 1 aliphatic heterocycles. The molecule has 2 aromatic rings. The molecule has 1 saturated heterocycles. The quantitative estimate of drug-likeness (QED) is 0.734. The Hall–Kier alpha value is -2.63. The van der Waals surface area contributed by atoms with E-state index in [1.807, 2.05) is 28.1 Å². The first-order valence-corrected chi connectivity index (χ1v) is 10.1. The summed E-state index contributed by atoms with van der Waals surface area (Å²) in [6.45, 7) is 8.64. The predicted molar refractivity (Wildman–Crippen MR) is 111 cm³/mol. The number of para-hydroxylation sites is 1. The topological polar surface area (TPSA) is 39.7 Å². The van der Waals surface area contributed by atoms with Crippen molar-refractivity contribution in [2.45, 2.75) is 26.7 Å². The van der Waals surface area contributed by atoms with Crippen LogP contribution < -0.4 is 9.80 Å². The Kier molecular flexibility index (Phi) is 6.85. The molecule has 1 fully saturated rings. The number of hydrogen-bond donors (Lipinski definition) is 0. The minimum atomic E-state index is -0.205. The van der Waals surface area contributed by atoms with E-state index in [2.05, 4.69) is 29.8 Å². The van der Waals surface area contributed by atoms with Gasteiger partial charge in [0.15, 0.2) is 0 Å². The second-order valence-corrected chi connectivity index (χ2v) is 7.01. The van der Waals surface area contributed by atoms with Crippen LogP contribution in [-0.4, -0.2) is 55.1 Å². The number of carbonyl (C=O) groups excluding carboxylic acids is 1. The third-order valence-electron chi connectivity index (χ3n) is 5.35. The van der Waals surface area contributed by atoms with Crippen LogP contribution in [0.15, 0.2) is 42.6 Å². The SMILES string of the molecule is CCN(CC)c1cc(CCC(=O)N2CCN(c3ccccc3F)CC2)ccn1. The van der Waals surface area contributed by atoms with Crippen LogP contribution in [0.3, 0.4) is 0 Å². The van der Waals surface area contributed by atoms with E-state index in [4.69, 9.17) is 0 Å². The number of amides is 1. The van der Waals surface area contributed by atoms with E-state index >= 15 is 0 Å². The maximum Gasteiger partial charge on any atom is 0.223 e. The fourth-order valence-corrected chi connectivity index (χ4v) is 3.65. The maximum absolute atomic E-state index is 13.9. The van der Waals surface area contributed by atoms with E-state index < -0.39 is 0 Å². The average Bonchev–Trinajstić information content (AvgIpc) is 2.74. The number of aromatic nitrogens is 1. The lowest BCUT2D eigenvalue weighted by Gasteiger charge is -2.36. The first-order chi connectivity index (χ1) is 13.6. The molecule has 0 N–H and O–H groups in total. The number of rotatable bonds is 7. The lowest BCUT2D eigenvalue weighted by Crippen LogP contribution is -2.49. The summed E-state index contributed by atoms with van der Waals surface area (Å²) < 4.78 is 13.9. The van der Waals surface area contributed by atoms with Crippen LogP contribution in [0.25, 0.3) is 0 Å². The Labute approximate surface area is 166 Å². The van der Waals surface area contributed by atoms with Gasteiger partial charge >= 0.3 is 0 Å². The number of anilines is 2. The van der Waals surface area contributed by atoms with Gasteiger partial charge in [-0.05, 0) is 50.1 Å². The highest BCUT2D eigenvalue weighted by molar-refractivity contribution is 5.77. The first kappa shape index (κ1) is 20.1. The number of aryl methyl sites for hydroxylation is 1.